The van der Waals surface area contributed by atoms with Crippen LogP contribution in [0.1, 0.15) is 13.3 Å². The molecule has 1 saturated heterocycles. The monoisotopic (exact) mass is 284 g/mol. The van der Waals surface area contributed by atoms with Crippen LogP contribution in [-0.2, 0) is 4.79 Å². The van der Waals surface area contributed by atoms with E-state index in [1.54, 1.807) is 0 Å². The number of rotatable bonds is 3. The Bertz CT molecular complexity index is 476. The predicted molar refractivity (Wildman–Crippen MR) is 71.2 cm³/mol. The molecule has 110 valence electrons. The molecule has 20 heavy (non-hydrogen) atoms. The average molecular weight is 284 g/mol. The number of nitrogens with one attached hydrogen (secondary N) is 1. The van der Waals surface area contributed by atoms with E-state index in [-0.39, 0.29) is 24.1 Å². The minimum absolute atomic E-state index is 0.0958. The summed E-state index contributed by atoms with van der Waals surface area (Å²) in [5.41, 5.74) is 0.0958. The Hall–Kier alpha value is -1.53. The number of benzene rings is 1. The highest BCUT2D eigenvalue weighted by molar-refractivity contribution is 5.92. The van der Waals surface area contributed by atoms with Gasteiger partial charge < -0.3 is 10.4 Å². The molecule has 2 N–H and O–H groups in total. The first-order chi connectivity index (χ1) is 9.44. The summed E-state index contributed by atoms with van der Waals surface area (Å²) in [5.74, 6) is -1.59. The summed E-state index contributed by atoms with van der Waals surface area (Å²) < 4.78 is 26.0. The maximum atomic E-state index is 13.0. The lowest BCUT2D eigenvalue weighted by Gasteiger charge is -2.33. The van der Waals surface area contributed by atoms with Gasteiger partial charge in [-0.3, -0.25) is 9.69 Å². The second kappa shape index (κ2) is 6.28. The third kappa shape index (κ3) is 3.98. The molecule has 1 fully saturated rings. The lowest BCUT2D eigenvalue weighted by molar-refractivity contribution is -0.118. The summed E-state index contributed by atoms with van der Waals surface area (Å²) >= 11 is 0. The summed E-state index contributed by atoms with van der Waals surface area (Å²) in [5, 5.41) is 12.2. The molecule has 0 spiro atoms. The molecule has 1 amide bonds. The third-order valence-electron chi connectivity index (χ3n) is 3.52. The first kappa shape index (κ1) is 14.9. The number of amides is 1. The number of nitrogens with zero attached hydrogens (tertiary/aromatic N) is 1. The van der Waals surface area contributed by atoms with Crippen molar-refractivity contribution in [3.63, 3.8) is 0 Å². The first-order valence-electron chi connectivity index (χ1n) is 6.60. The summed E-state index contributed by atoms with van der Waals surface area (Å²) in [4.78, 5) is 13.6. The van der Waals surface area contributed by atoms with E-state index in [0.29, 0.717) is 6.54 Å². The van der Waals surface area contributed by atoms with Crippen molar-refractivity contribution in [2.45, 2.75) is 19.4 Å². The molecule has 1 aliphatic heterocycles. The molecule has 2 rings (SSSR count). The zero-order chi connectivity index (χ0) is 14.7. The molecule has 0 aromatic heterocycles. The largest absolute Gasteiger partial charge is 0.392 e. The molecule has 1 aliphatic rings. The van der Waals surface area contributed by atoms with Crippen molar-refractivity contribution < 1.29 is 18.7 Å². The molecule has 0 radical (unpaired) electrons. The van der Waals surface area contributed by atoms with Gasteiger partial charge in [-0.25, -0.2) is 8.78 Å². The number of hydrogen-bond donors (Lipinski definition) is 2. The fourth-order valence-corrected chi connectivity index (χ4v) is 2.29. The van der Waals surface area contributed by atoms with E-state index in [2.05, 4.69) is 5.32 Å². The minimum Gasteiger partial charge on any atom is -0.392 e. The number of β-amino-alcohol motifs (C(OH)–C–C–N with tert-alkyl or cyclic N) is 1. The Balaban J connectivity index is 1.89. The Labute approximate surface area is 116 Å². The van der Waals surface area contributed by atoms with E-state index in [4.69, 9.17) is 0 Å². The molecular formula is C14H18F2N2O2. The van der Waals surface area contributed by atoms with Crippen LogP contribution >= 0.6 is 0 Å². The highest BCUT2D eigenvalue weighted by atomic mass is 19.1. The first-order valence-corrected chi connectivity index (χ1v) is 6.60. The van der Waals surface area contributed by atoms with E-state index in [1.165, 1.54) is 0 Å². The van der Waals surface area contributed by atoms with Gasteiger partial charge in [0.2, 0.25) is 5.91 Å². The van der Waals surface area contributed by atoms with E-state index in [0.717, 1.165) is 31.2 Å². The average Bonchev–Trinajstić information content (AvgIpc) is 2.32. The molecular weight excluding hydrogens is 266 g/mol. The number of carbonyl (C=O) groups is 1. The normalized spacial score (nSPS) is 23.6. The molecule has 2 unspecified atom stereocenters. The van der Waals surface area contributed by atoms with Gasteiger partial charge in [0.1, 0.15) is 11.6 Å². The molecule has 1 heterocycles. The van der Waals surface area contributed by atoms with Crippen LogP contribution in [0.25, 0.3) is 0 Å². The topological polar surface area (TPSA) is 52.6 Å². The zero-order valence-corrected chi connectivity index (χ0v) is 11.3. The van der Waals surface area contributed by atoms with Crippen molar-refractivity contribution >= 4 is 11.6 Å². The molecule has 0 bridgehead atoms. The molecule has 2 atom stereocenters. The van der Waals surface area contributed by atoms with Gasteiger partial charge in [-0.1, -0.05) is 6.92 Å². The van der Waals surface area contributed by atoms with Crippen LogP contribution in [0.3, 0.4) is 0 Å². The Morgan fingerprint density at radius 1 is 1.40 bits per heavy atom. The number of aliphatic hydroxyl groups is 1. The Morgan fingerprint density at radius 2 is 2.05 bits per heavy atom. The number of aliphatic hydroxyl groups excluding tert-OH is 1. The van der Waals surface area contributed by atoms with Gasteiger partial charge in [0.25, 0.3) is 0 Å². The van der Waals surface area contributed by atoms with Crippen LogP contribution in [0.5, 0.6) is 0 Å². The summed E-state index contributed by atoms with van der Waals surface area (Å²) in [6.07, 6.45) is 0.381. The fourth-order valence-electron chi connectivity index (χ4n) is 2.29. The van der Waals surface area contributed by atoms with Crippen molar-refractivity contribution in [2.75, 3.05) is 25.0 Å². The Morgan fingerprint density at radius 3 is 2.65 bits per heavy atom. The van der Waals surface area contributed by atoms with E-state index < -0.39 is 17.7 Å². The SMILES string of the molecule is CC1CCN(CC(=O)Nc2cc(F)cc(F)c2)CC1O. The van der Waals surface area contributed by atoms with Crippen molar-refractivity contribution in [1.29, 1.82) is 0 Å². The van der Waals surface area contributed by atoms with Crippen LogP contribution in [0.4, 0.5) is 14.5 Å². The number of hydrogen-bond acceptors (Lipinski definition) is 3. The van der Waals surface area contributed by atoms with Gasteiger partial charge in [0.15, 0.2) is 0 Å². The summed E-state index contributed by atoms with van der Waals surface area (Å²) in [6.45, 7) is 3.23. The standard InChI is InChI=1S/C14H18F2N2O2/c1-9-2-3-18(7-13(9)19)8-14(20)17-12-5-10(15)4-11(16)6-12/h4-6,9,13,19H,2-3,7-8H2,1H3,(H,17,20). The van der Waals surface area contributed by atoms with Crippen LogP contribution in [0, 0.1) is 17.6 Å². The number of halogens is 2. The van der Waals surface area contributed by atoms with Crippen LogP contribution in [0.15, 0.2) is 18.2 Å². The summed E-state index contributed by atoms with van der Waals surface area (Å²) in [7, 11) is 0. The second-order valence-electron chi connectivity index (χ2n) is 5.27. The number of anilines is 1. The van der Waals surface area contributed by atoms with Crippen LogP contribution in [0.2, 0.25) is 0 Å². The molecule has 0 aliphatic carbocycles. The number of piperidine rings is 1. The van der Waals surface area contributed by atoms with Crippen molar-refractivity contribution in [1.82, 2.24) is 4.90 Å². The lowest BCUT2D eigenvalue weighted by atomic mass is 9.96. The van der Waals surface area contributed by atoms with Gasteiger partial charge in [-0.2, -0.15) is 0 Å². The van der Waals surface area contributed by atoms with Gasteiger partial charge in [0, 0.05) is 18.3 Å². The molecule has 1 aromatic carbocycles. The van der Waals surface area contributed by atoms with Crippen molar-refractivity contribution in [3.8, 4) is 0 Å². The maximum absolute atomic E-state index is 13.0. The molecule has 4 nitrogen and oxygen atoms in total. The highest BCUT2D eigenvalue weighted by Gasteiger charge is 2.25. The minimum atomic E-state index is -0.734. The van der Waals surface area contributed by atoms with Crippen LogP contribution in [-0.4, -0.2) is 41.7 Å². The van der Waals surface area contributed by atoms with Crippen molar-refractivity contribution in [2.24, 2.45) is 5.92 Å². The smallest absolute Gasteiger partial charge is 0.238 e. The van der Waals surface area contributed by atoms with Gasteiger partial charge in [0.05, 0.1) is 12.6 Å². The maximum Gasteiger partial charge on any atom is 0.238 e. The predicted octanol–water partition coefficient (Wildman–Crippen LogP) is 1.61. The van der Waals surface area contributed by atoms with Gasteiger partial charge >= 0.3 is 0 Å². The van der Waals surface area contributed by atoms with Gasteiger partial charge in [-0.05, 0) is 31.0 Å². The van der Waals surface area contributed by atoms with E-state index in [1.807, 2.05) is 11.8 Å². The summed E-state index contributed by atoms with van der Waals surface area (Å²) in [6, 6.07) is 2.88. The quantitative estimate of drug-likeness (QED) is 0.886. The van der Waals surface area contributed by atoms with Crippen molar-refractivity contribution in [3.05, 3.63) is 29.8 Å². The highest BCUT2D eigenvalue weighted by Crippen LogP contribution is 2.17. The zero-order valence-electron chi connectivity index (χ0n) is 11.3. The Kier molecular flexibility index (Phi) is 4.67. The molecule has 0 saturated carbocycles. The second-order valence-corrected chi connectivity index (χ2v) is 5.27. The van der Waals surface area contributed by atoms with Gasteiger partial charge in [-0.15, -0.1) is 0 Å². The van der Waals surface area contributed by atoms with E-state index >= 15 is 0 Å². The third-order valence-corrected chi connectivity index (χ3v) is 3.52. The fraction of sp³-hybridized carbons (Fsp3) is 0.500. The number of carbonyl (C=O) groups excluding carboxylic acids is 1. The molecule has 1 aromatic rings. The lowest BCUT2D eigenvalue weighted by Crippen LogP contribution is -2.45. The molecule has 6 heteroatoms. The number of likely N-dealkylation sites (tertiary alicyclic amines) is 1. The van der Waals surface area contributed by atoms with Crippen LogP contribution < -0.4 is 5.32 Å². The van der Waals surface area contributed by atoms with E-state index in [9.17, 15) is 18.7 Å².